The molecule has 0 fully saturated rings. The van der Waals surface area contributed by atoms with Gasteiger partial charge in [-0.05, 0) is 55.5 Å². The zero-order valence-corrected chi connectivity index (χ0v) is 21.8. The molecule has 0 saturated carbocycles. The first-order valence-electron chi connectivity index (χ1n) is 10.7. The average molecular weight is 532 g/mol. The number of carbonyl (C=O) groups excluding carboxylic acids is 1. The molecule has 0 saturated heterocycles. The van der Waals surface area contributed by atoms with Gasteiger partial charge in [0.15, 0.2) is 11.5 Å². The Morgan fingerprint density at radius 2 is 1.56 bits per heavy atom. The van der Waals surface area contributed by atoms with Crippen LogP contribution in [0.3, 0.4) is 0 Å². The highest BCUT2D eigenvalue weighted by Crippen LogP contribution is 2.32. The normalized spacial score (nSPS) is 11.5. The van der Waals surface area contributed by atoms with Crippen LogP contribution in [-0.4, -0.2) is 47.9 Å². The highest BCUT2D eigenvalue weighted by atomic mass is 35.5. The molecule has 3 aromatic carbocycles. The number of methoxy groups -OCH3 is 3. The summed E-state index contributed by atoms with van der Waals surface area (Å²) in [5.74, 6) is 0.781. The van der Waals surface area contributed by atoms with E-state index in [1.807, 2.05) is 0 Å². The van der Waals surface area contributed by atoms with Crippen molar-refractivity contribution in [3.8, 4) is 17.2 Å². The van der Waals surface area contributed by atoms with Crippen molar-refractivity contribution in [2.75, 3.05) is 32.2 Å². The Morgan fingerprint density at radius 1 is 0.917 bits per heavy atom. The maximum absolute atomic E-state index is 13.4. The molecule has 190 valence electrons. The van der Waals surface area contributed by atoms with Crippen LogP contribution in [0.1, 0.15) is 12.5 Å². The summed E-state index contributed by atoms with van der Waals surface area (Å²) in [5, 5.41) is 4.32. The number of amides is 1. The quantitative estimate of drug-likeness (QED) is 0.312. The number of nitrogens with one attached hydrogen (secondary N) is 1. The van der Waals surface area contributed by atoms with Crippen LogP contribution in [0.25, 0.3) is 0 Å². The summed E-state index contributed by atoms with van der Waals surface area (Å²) in [7, 11) is 0.400. The molecule has 1 amide bonds. The predicted molar refractivity (Wildman–Crippen MR) is 139 cm³/mol. The maximum atomic E-state index is 13.4. The van der Waals surface area contributed by atoms with Crippen molar-refractivity contribution in [3.63, 3.8) is 0 Å². The number of rotatable bonds is 10. The molecule has 0 aliphatic rings. The van der Waals surface area contributed by atoms with Gasteiger partial charge in [0, 0.05) is 5.56 Å². The Morgan fingerprint density at radius 3 is 2.17 bits per heavy atom. The lowest BCUT2D eigenvalue weighted by Crippen LogP contribution is -2.39. The van der Waals surface area contributed by atoms with E-state index in [-0.39, 0.29) is 15.6 Å². The highest BCUT2D eigenvalue weighted by Gasteiger charge is 2.27. The van der Waals surface area contributed by atoms with E-state index in [0.717, 1.165) is 4.31 Å². The molecule has 36 heavy (non-hydrogen) atoms. The van der Waals surface area contributed by atoms with Crippen LogP contribution in [-0.2, 0) is 14.8 Å². The van der Waals surface area contributed by atoms with Gasteiger partial charge in [-0.3, -0.25) is 9.10 Å². The van der Waals surface area contributed by atoms with E-state index in [4.69, 9.17) is 25.8 Å². The van der Waals surface area contributed by atoms with Gasteiger partial charge in [0.05, 0.1) is 42.6 Å². The summed E-state index contributed by atoms with van der Waals surface area (Å²) < 4.78 is 43.5. The minimum Gasteiger partial charge on any atom is -0.495 e. The monoisotopic (exact) mass is 531 g/mol. The van der Waals surface area contributed by atoms with Gasteiger partial charge in [0.25, 0.3) is 15.9 Å². The van der Waals surface area contributed by atoms with Crippen LogP contribution >= 0.6 is 11.6 Å². The lowest BCUT2D eigenvalue weighted by molar-refractivity contribution is -0.119. The second-order valence-electron chi connectivity index (χ2n) is 7.45. The summed E-state index contributed by atoms with van der Waals surface area (Å²) in [6.45, 7) is 1.16. The molecule has 3 aromatic rings. The average Bonchev–Trinajstić information content (AvgIpc) is 2.90. The van der Waals surface area contributed by atoms with Gasteiger partial charge in [-0.15, -0.1) is 0 Å². The Bertz CT molecular complexity index is 1360. The molecule has 0 spiro atoms. The van der Waals surface area contributed by atoms with Crippen LogP contribution in [0.15, 0.2) is 76.7 Å². The van der Waals surface area contributed by atoms with Gasteiger partial charge >= 0.3 is 0 Å². The summed E-state index contributed by atoms with van der Waals surface area (Å²) in [6, 6.07) is 17.5. The zero-order chi connectivity index (χ0) is 26.3. The lowest BCUT2D eigenvalue weighted by Gasteiger charge is -2.24. The molecule has 0 unspecified atom stereocenters. The molecule has 1 N–H and O–H groups in total. The first-order chi connectivity index (χ1) is 17.2. The van der Waals surface area contributed by atoms with Crippen molar-refractivity contribution >= 4 is 38.9 Å². The topological polar surface area (TPSA) is 107 Å². The Hall–Kier alpha value is -3.76. The van der Waals surface area contributed by atoms with Crippen LogP contribution in [0, 0.1) is 0 Å². The van der Waals surface area contributed by atoms with Gasteiger partial charge in [0.1, 0.15) is 12.3 Å². The van der Waals surface area contributed by atoms with Crippen molar-refractivity contribution in [2.24, 2.45) is 5.10 Å². The van der Waals surface area contributed by atoms with E-state index >= 15 is 0 Å². The Kier molecular flexibility index (Phi) is 8.78. The van der Waals surface area contributed by atoms with Crippen molar-refractivity contribution < 1.29 is 27.4 Å². The summed E-state index contributed by atoms with van der Waals surface area (Å²) in [6.07, 6.45) is 0. The second-order valence-corrected chi connectivity index (χ2v) is 9.72. The summed E-state index contributed by atoms with van der Waals surface area (Å²) >= 11 is 6.24. The van der Waals surface area contributed by atoms with Gasteiger partial charge < -0.3 is 14.2 Å². The predicted octanol–water partition coefficient (Wildman–Crippen LogP) is 4.10. The van der Waals surface area contributed by atoms with E-state index in [1.165, 1.54) is 51.7 Å². The van der Waals surface area contributed by atoms with Gasteiger partial charge in [-0.1, -0.05) is 29.8 Å². The molecule has 9 nitrogen and oxygen atoms in total. The van der Waals surface area contributed by atoms with Crippen molar-refractivity contribution in [2.45, 2.75) is 11.8 Å². The third-order valence-electron chi connectivity index (χ3n) is 5.19. The number of hydrogen-bond acceptors (Lipinski definition) is 7. The molecule has 0 heterocycles. The van der Waals surface area contributed by atoms with Crippen molar-refractivity contribution in [1.82, 2.24) is 5.43 Å². The van der Waals surface area contributed by atoms with Gasteiger partial charge in [-0.25, -0.2) is 13.8 Å². The molecule has 0 aliphatic carbocycles. The number of anilines is 1. The molecule has 0 aliphatic heterocycles. The van der Waals surface area contributed by atoms with Gasteiger partial charge in [-0.2, -0.15) is 5.10 Å². The van der Waals surface area contributed by atoms with E-state index in [0.29, 0.717) is 28.5 Å². The van der Waals surface area contributed by atoms with Crippen LogP contribution in [0.2, 0.25) is 5.02 Å². The first kappa shape index (κ1) is 26.8. The standard InChI is InChI=1S/C25H26ClN3O6S/c1-17(18-10-12-23(34-3)24(14-18)35-4)27-28-25(30)16-29(19-11-13-22(33-2)21(26)15-19)36(31,32)20-8-6-5-7-9-20/h5-15H,16H2,1-4H3,(H,28,30)/b27-17-. The minimum absolute atomic E-state index is 0.0229. The van der Waals surface area contributed by atoms with E-state index < -0.39 is 22.5 Å². The number of ether oxygens (including phenoxy) is 3. The molecule has 0 radical (unpaired) electrons. The molecule has 0 bridgehead atoms. The first-order valence-corrected chi connectivity index (χ1v) is 12.5. The van der Waals surface area contributed by atoms with Gasteiger partial charge in [0.2, 0.25) is 0 Å². The number of hydrazone groups is 1. The molecule has 11 heteroatoms. The number of halogens is 1. The Balaban J connectivity index is 1.89. The fourth-order valence-electron chi connectivity index (χ4n) is 3.28. The third kappa shape index (κ3) is 6.07. The SMILES string of the molecule is COc1ccc(N(CC(=O)N/N=C(/C)c2ccc(OC)c(OC)c2)S(=O)(=O)c2ccccc2)cc1Cl. The number of benzene rings is 3. The minimum atomic E-state index is -4.10. The van der Waals surface area contributed by atoms with Crippen LogP contribution in [0.4, 0.5) is 5.69 Å². The fourth-order valence-corrected chi connectivity index (χ4v) is 4.97. The zero-order valence-electron chi connectivity index (χ0n) is 20.2. The molecular formula is C25H26ClN3O6S. The largest absolute Gasteiger partial charge is 0.495 e. The Labute approximate surface area is 215 Å². The molecule has 0 atom stereocenters. The third-order valence-corrected chi connectivity index (χ3v) is 7.27. The van der Waals surface area contributed by atoms with E-state index in [2.05, 4.69) is 10.5 Å². The number of carbonyl (C=O) groups is 1. The number of sulfonamides is 1. The fraction of sp³-hybridized carbons (Fsp3) is 0.200. The summed E-state index contributed by atoms with van der Waals surface area (Å²) in [4.78, 5) is 12.9. The van der Waals surface area contributed by atoms with Crippen LogP contribution < -0.4 is 23.9 Å². The van der Waals surface area contributed by atoms with E-state index in [9.17, 15) is 13.2 Å². The number of nitrogens with zero attached hydrogens (tertiary/aromatic N) is 2. The molecular weight excluding hydrogens is 506 g/mol. The molecule has 3 rings (SSSR count). The maximum Gasteiger partial charge on any atom is 0.264 e. The van der Waals surface area contributed by atoms with Crippen molar-refractivity contribution in [3.05, 3.63) is 77.3 Å². The highest BCUT2D eigenvalue weighted by molar-refractivity contribution is 7.92. The summed E-state index contributed by atoms with van der Waals surface area (Å²) in [5.41, 5.74) is 3.78. The number of hydrogen-bond donors (Lipinski definition) is 1. The second kappa shape index (κ2) is 11.8. The van der Waals surface area contributed by atoms with E-state index in [1.54, 1.807) is 43.3 Å². The van der Waals surface area contributed by atoms with Crippen LogP contribution in [0.5, 0.6) is 17.2 Å². The van der Waals surface area contributed by atoms with Crippen molar-refractivity contribution in [1.29, 1.82) is 0 Å². The molecule has 0 aromatic heterocycles. The lowest BCUT2D eigenvalue weighted by atomic mass is 10.1. The smallest absolute Gasteiger partial charge is 0.264 e.